The summed E-state index contributed by atoms with van der Waals surface area (Å²) in [7, 11) is 0. The van der Waals surface area contributed by atoms with Crippen LogP contribution in [0.3, 0.4) is 0 Å². The van der Waals surface area contributed by atoms with Gasteiger partial charge in [0, 0.05) is 24.5 Å². The van der Waals surface area contributed by atoms with Crippen LogP contribution in [-0.4, -0.2) is 35.2 Å². The number of aliphatic hydroxyl groups is 1. The molecule has 5 heteroatoms. The highest BCUT2D eigenvalue weighted by atomic mass is 16.5. The van der Waals surface area contributed by atoms with Gasteiger partial charge in [0.2, 0.25) is 5.78 Å². The maximum Gasteiger partial charge on any atom is 0.331 e. The number of hydrogen-bond acceptors (Lipinski definition) is 5. The summed E-state index contributed by atoms with van der Waals surface area (Å²) >= 11 is 0. The van der Waals surface area contributed by atoms with E-state index in [0.717, 1.165) is 36.8 Å². The average Bonchev–Trinajstić information content (AvgIpc) is 2.76. The van der Waals surface area contributed by atoms with E-state index in [2.05, 4.69) is 0 Å². The van der Waals surface area contributed by atoms with E-state index < -0.39 is 5.60 Å². The largest absolute Gasteiger partial charge is 0.484 e. The zero-order valence-electron chi connectivity index (χ0n) is 15.5. The molecule has 2 aliphatic rings. The third-order valence-electron chi connectivity index (χ3n) is 4.61. The number of hydrogen-bond donors (Lipinski definition) is 1. The van der Waals surface area contributed by atoms with Crippen LogP contribution in [0.5, 0.6) is 0 Å². The molecule has 0 aliphatic carbocycles. The molecular formula is C20H28O5. The number of allylic oxidation sites excluding steroid dienone is 1. The molecule has 0 unspecified atom stereocenters. The molecule has 2 aliphatic heterocycles. The van der Waals surface area contributed by atoms with Gasteiger partial charge in [-0.15, -0.1) is 0 Å². The van der Waals surface area contributed by atoms with Gasteiger partial charge in [-0.2, -0.15) is 0 Å². The lowest BCUT2D eigenvalue weighted by atomic mass is 9.97. The highest BCUT2D eigenvalue weighted by Crippen LogP contribution is 2.31. The SMILES string of the molecule is CC(=C[C@@H]1CC(C)=CC(=O)O1)CCC[C@@H](CO)C1=CC(=O)C(C)(C)O1. The molecule has 25 heavy (non-hydrogen) atoms. The molecule has 2 rings (SSSR count). The first-order valence-corrected chi connectivity index (χ1v) is 8.82. The number of esters is 1. The van der Waals surface area contributed by atoms with Gasteiger partial charge >= 0.3 is 5.97 Å². The molecular weight excluding hydrogens is 320 g/mol. The van der Waals surface area contributed by atoms with Gasteiger partial charge in [0.05, 0.1) is 6.61 Å². The second-order valence-corrected chi connectivity index (χ2v) is 7.48. The number of ether oxygens (including phenoxy) is 2. The molecule has 5 nitrogen and oxygen atoms in total. The summed E-state index contributed by atoms with van der Waals surface area (Å²) in [5.41, 5.74) is 1.36. The predicted molar refractivity (Wildman–Crippen MR) is 94.7 cm³/mol. The van der Waals surface area contributed by atoms with Crippen LogP contribution in [-0.2, 0) is 19.1 Å². The van der Waals surface area contributed by atoms with Gasteiger partial charge in [-0.3, -0.25) is 4.79 Å². The minimum absolute atomic E-state index is 0.0395. The second kappa shape index (κ2) is 8.00. The van der Waals surface area contributed by atoms with Crippen LogP contribution < -0.4 is 0 Å². The van der Waals surface area contributed by atoms with Crippen LogP contribution in [0.1, 0.15) is 53.4 Å². The normalized spacial score (nSPS) is 24.4. The van der Waals surface area contributed by atoms with Crippen molar-refractivity contribution in [2.75, 3.05) is 6.61 Å². The van der Waals surface area contributed by atoms with E-state index in [1.807, 2.05) is 19.9 Å². The summed E-state index contributed by atoms with van der Waals surface area (Å²) in [6, 6.07) is 0. The Bertz CT molecular complexity index is 624. The van der Waals surface area contributed by atoms with Gasteiger partial charge in [0.15, 0.2) is 5.60 Å². The topological polar surface area (TPSA) is 72.8 Å². The van der Waals surface area contributed by atoms with Gasteiger partial charge in [0.1, 0.15) is 11.9 Å². The molecule has 0 aromatic rings. The molecule has 0 bridgehead atoms. The van der Waals surface area contributed by atoms with E-state index >= 15 is 0 Å². The van der Waals surface area contributed by atoms with Gasteiger partial charge in [-0.05, 0) is 53.0 Å². The number of aliphatic hydroxyl groups excluding tert-OH is 1. The molecule has 0 aromatic heterocycles. The van der Waals surface area contributed by atoms with Gasteiger partial charge in [-0.25, -0.2) is 4.79 Å². The number of cyclic esters (lactones) is 1. The van der Waals surface area contributed by atoms with Crippen molar-refractivity contribution in [3.8, 4) is 0 Å². The van der Waals surface area contributed by atoms with E-state index in [-0.39, 0.29) is 30.4 Å². The smallest absolute Gasteiger partial charge is 0.331 e. The quantitative estimate of drug-likeness (QED) is 0.565. The average molecular weight is 348 g/mol. The van der Waals surface area contributed by atoms with Crippen LogP contribution in [0, 0.1) is 5.92 Å². The van der Waals surface area contributed by atoms with E-state index in [1.165, 1.54) is 12.2 Å². The first kappa shape index (κ1) is 19.4. The Hall–Kier alpha value is -1.88. The van der Waals surface area contributed by atoms with Crippen molar-refractivity contribution in [1.82, 2.24) is 0 Å². The summed E-state index contributed by atoms with van der Waals surface area (Å²) < 4.78 is 11.0. The monoisotopic (exact) mass is 348 g/mol. The Morgan fingerprint density at radius 2 is 2.12 bits per heavy atom. The summed E-state index contributed by atoms with van der Waals surface area (Å²) in [6.45, 7) is 7.39. The fourth-order valence-corrected chi connectivity index (χ4v) is 3.13. The van der Waals surface area contributed by atoms with E-state index in [0.29, 0.717) is 5.76 Å². The standard InChI is InChI=1S/C20H28O5/c1-13(8-16-9-14(2)10-19(23)24-16)6-5-7-15(12-21)17-11-18(22)20(3,4)25-17/h8,10-11,15-16,21H,5-7,9,12H2,1-4H3/t15-,16+/m0/s1. The van der Waals surface area contributed by atoms with Gasteiger partial charge in [0.25, 0.3) is 0 Å². The van der Waals surface area contributed by atoms with Crippen LogP contribution in [0.4, 0.5) is 0 Å². The highest BCUT2D eigenvalue weighted by molar-refractivity contribution is 5.98. The molecule has 0 spiro atoms. The maximum atomic E-state index is 11.8. The van der Waals surface area contributed by atoms with E-state index in [4.69, 9.17) is 9.47 Å². The Balaban J connectivity index is 1.84. The second-order valence-electron chi connectivity index (χ2n) is 7.48. The number of ketones is 1. The predicted octanol–water partition coefficient (Wildman–Crippen LogP) is 3.24. The summed E-state index contributed by atoms with van der Waals surface area (Å²) in [6.07, 6.45) is 8.03. The van der Waals surface area contributed by atoms with Crippen molar-refractivity contribution < 1.29 is 24.2 Å². The Kier molecular flexibility index (Phi) is 6.22. The van der Waals surface area contributed by atoms with Gasteiger partial charge < -0.3 is 14.6 Å². The van der Waals surface area contributed by atoms with Crippen LogP contribution in [0.2, 0.25) is 0 Å². The van der Waals surface area contributed by atoms with Crippen molar-refractivity contribution in [2.24, 2.45) is 5.92 Å². The summed E-state index contributed by atoms with van der Waals surface area (Å²) in [4.78, 5) is 23.3. The molecule has 1 N–H and O–H groups in total. The number of rotatable bonds is 7. The zero-order chi connectivity index (χ0) is 18.6. The highest BCUT2D eigenvalue weighted by Gasteiger charge is 2.37. The van der Waals surface area contributed by atoms with Crippen LogP contribution >= 0.6 is 0 Å². The van der Waals surface area contributed by atoms with Crippen molar-refractivity contribution in [2.45, 2.75) is 65.1 Å². The lowest BCUT2D eigenvalue weighted by molar-refractivity contribution is -0.142. The third-order valence-corrected chi connectivity index (χ3v) is 4.61. The molecule has 0 fully saturated rings. The molecule has 0 radical (unpaired) electrons. The van der Waals surface area contributed by atoms with Gasteiger partial charge in [-0.1, -0.05) is 11.1 Å². The zero-order valence-corrected chi connectivity index (χ0v) is 15.5. The third kappa shape index (κ3) is 5.30. The molecule has 2 atom stereocenters. The first-order chi connectivity index (χ1) is 11.7. The minimum Gasteiger partial charge on any atom is -0.484 e. The molecule has 138 valence electrons. The van der Waals surface area contributed by atoms with Crippen LogP contribution in [0.25, 0.3) is 0 Å². The number of carbonyl (C=O) groups is 2. The number of carbonyl (C=O) groups excluding carboxylic acids is 2. The lowest BCUT2D eigenvalue weighted by Crippen LogP contribution is -2.28. The molecule has 0 aromatic carbocycles. The van der Waals surface area contributed by atoms with Crippen molar-refractivity contribution in [3.63, 3.8) is 0 Å². The van der Waals surface area contributed by atoms with E-state index in [1.54, 1.807) is 13.8 Å². The first-order valence-electron chi connectivity index (χ1n) is 8.82. The molecule has 0 saturated heterocycles. The van der Waals surface area contributed by atoms with Crippen molar-refractivity contribution >= 4 is 11.8 Å². The molecule has 0 amide bonds. The summed E-state index contributed by atoms with van der Waals surface area (Å²) in [5.74, 6) is 0.0904. The maximum absolute atomic E-state index is 11.8. The fourth-order valence-electron chi connectivity index (χ4n) is 3.13. The molecule has 2 heterocycles. The van der Waals surface area contributed by atoms with Crippen LogP contribution in [0.15, 0.2) is 35.1 Å². The molecule has 0 saturated carbocycles. The minimum atomic E-state index is -0.825. The fraction of sp³-hybridized carbons (Fsp3) is 0.600. The van der Waals surface area contributed by atoms with Crippen molar-refractivity contribution in [3.05, 3.63) is 35.1 Å². The Morgan fingerprint density at radius 3 is 2.68 bits per heavy atom. The Labute approximate surface area is 149 Å². The summed E-state index contributed by atoms with van der Waals surface area (Å²) in [5, 5.41) is 9.62. The van der Waals surface area contributed by atoms with Crippen molar-refractivity contribution in [1.29, 1.82) is 0 Å². The Morgan fingerprint density at radius 1 is 1.40 bits per heavy atom. The van der Waals surface area contributed by atoms with E-state index in [9.17, 15) is 14.7 Å². The lowest BCUT2D eigenvalue weighted by Gasteiger charge is -2.22.